The van der Waals surface area contributed by atoms with Crippen LogP contribution in [-0.2, 0) is 10.1 Å². The lowest BCUT2D eigenvalue weighted by Crippen LogP contribution is -2.11. The van der Waals surface area contributed by atoms with E-state index in [1.807, 2.05) is 19.9 Å². The molecule has 3 rings (SSSR count). The molecule has 8 heteroatoms. The highest BCUT2D eigenvalue weighted by molar-refractivity contribution is 7.87. The molecule has 3 aromatic carbocycles. The molecule has 0 saturated carbocycles. The first kappa shape index (κ1) is 22.2. The first-order chi connectivity index (χ1) is 14.2. The van der Waals surface area contributed by atoms with E-state index in [1.165, 1.54) is 19.2 Å². The van der Waals surface area contributed by atoms with Gasteiger partial charge < -0.3 is 8.92 Å². The van der Waals surface area contributed by atoms with Gasteiger partial charge in [-0.1, -0.05) is 47.0 Å². The second kappa shape index (κ2) is 9.08. The molecular weight excluding hydrogens is 445 g/mol. The third kappa shape index (κ3) is 5.14. The van der Waals surface area contributed by atoms with Crippen molar-refractivity contribution in [3.8, 4) is 11.5 Å². The number of ether oxygens (including phenoxy) is 1. The van der Waals surface area contributed by atoms with Crippen LogP contribution in [0.5, 0.6) is 11.5 Å². The predicted molar refractivity (Wildman–Crippen MR) is 120 cm³/mol. The molecule has 0 heterocycles. The van der Waals surface area contributed by atoms with E-state index in [4.69, 9.17) is 32.1 Å². The highest BCUT2D eigenvalue weighted by atomic mass is 35.5. The van der Waals surface area contributed by atoms with Gasteiger partial charge in [-0.05, 0) is 61.4 Å². The highest BCUT2D eigenvalue weighted by Crippen LogP contribution is 2.38. The van der Waals surface area contributed by atoms with Gasteiger partial charge in [-0.3, -0.25) is 4.99 Å². The zero-order valence-corrected chi connectivity index (χ0v) is 18.8. The summed E-state index contributed by atoms with van der Waals surface area (Å²) in [6.07, 6.45) is 1.59. The van der Waals surface area contributed by atoms with Crippen LogP contribution in [0.2, 0.25) is 10.0 Å². The number of nitrogens with zero attached hydrogens (tertiary/aromatic N) is 1. The molecule has 0 aliphatic heterocycles. The summed E-state index contributed by atoms with van der Waals surface area (Å²) in [7, 11) is -2.67. The van der Waals surface area contributed by atoms with Crippen LogP contribution in [0.4, 0.5) is 5.69 Å². The van der Waals surface area contributed by atoms with Gasteiger partial charge in [-0.2, -0.15) is 8.42 Å². The van der Waals surface area contributed by atoms with E-state index in [2.05, 4.69) is 4.99 Å². The van der Waals surface area contributed by atoms with Gasteiger partial charge in [0.2, 0.25) is 5.75 Å². The quantitative estimate of drug-likeness (QED) is 0.325. The van der Waals surface area contributed by atoms with Crippen LogP contribution < -0.4 is 8.92 Å². The van der Waals surface area contributed by atoms with Gasteiger partial charge in [0.25, 0.3) is 0 Å². The third-order valence-electron chi connectivity index (χ3n) is 4.28. The van der Waals surface area contributed by atoms with Gasteiger partial charge in [-0.15, -0.1) is 0 Å². The maximum absolute atomic E-state index is 12.6. The summed E-state index contributed by atoms with van der Waals surface area (Å²) < 4.78 is 35.8. The zero-order chi connectivity index (χ0) is 21.9. The van der Waals surface area contributed by atoms with Gasteiger partial charge in [-0.25, -0.2) is 0 Å². The molecule has 0 radical (unpaired) electrons. The molecule has 30 heavy (non-hydrogen) atoms. The number of rotatable bonds is 6. The second-order valence-corrected chi connectivity index (χ2v) is 8.96. The molecule has 3 aromatic rings. The molecule has 5 nitrogen and oxygen atoms in total. The van der Waals surface area contributed by atoms with Crippen molar-refractivity contribution in [2.75, 3.05) is 7.11 Å². The van der Waals surface area contributed by atoms with E-state index in [0.29, 0.717) is 16.3 Å². The molecule has 0 atom stereocenters. The molecule has 0 amide bonds. The van der Waals surface area contributed by atoms with Crippen LogP contribution in [0, 0.1) is 13.8 Å². The standard InChI is InChI=1S/C22H19Cl2NO4S/c1-14-4-8-18(9-5-14)30(26,27)29-22-19(24)10-16(11-21(22)28-3)13-25-20-12-17(23)7-6-15(20)2/h4-13H,1-3H3. The summed E-state index contributed by atoms with van der Waals surface area (Å²) in [5, 5.41) is 0.655. The Balaban J connectivity index is 1.93. The fourth-order valence-electron chi connectivity index (χ4n) is 2.62. The van der Waals surface area contributed by atoms with Crippen LogP contribution >= 0.6 is 23.2 Å². The topological polar surface area (TPSA) is 65.0 Å². The number of halogens is 2. The lowest BCUT2D eigenvalue weighted by atomic mass is 10.2. The second-order valence-electron chi connectivity index (χ2n) is 6.57. The van der Waals surface area contributed by atoms with Gasteiger partial charge in [0.1, 0.15) is 4.90 Å². The molecule has 0 aliphatic carbocycles. The van der Waals surface area contributed by atoms with Crippen molar-refractivity contribution in [2.45, 2.75) is 18.7 Å². The Labute approximate surface area is 186 Å². The molecule has 0 aromatic heterocycles. The van der Waals surface area contributed by atoms with Crippen molar-refractivity contribution in [3.63, 3.8) is 0 Å². The van der Waals surface area contributed by atoms with Crippen LogP contribution in [0.3, 0.4) is 0 Å². The minimum absolute atomic E-state index is 0.0216. The average Bonchev–Trinajstić information content (AvgIpc) is 2.70. The Morgan fingerprint density at radius 3 is 2.33 bits per heavy atom. The van der Waals surface area contributed by atoms with E-state index >= 15 is 0 Å². The normalized spacial score (nSPS) is 11.6. The lowest BCUT2D eigenvalue weighted by Gasteiger charge is -2.13. The predicted octanol–water partition coefficient (Wildman–Crippen LogP) is 6.14. The summed E-state index contributed by atoms with van der Waals surface area (Å²) >= 11 is 12.3. The van der Waals surface area contributed by atoms with E-state index < -0.39 is 10.1 Å². The van der Waals surface area contributed by atoms with Gasteiger partial charge in [0.15, 0.2) is 5.75 Å². The molecule has 0 fully saturated rings. The molecule has 156 valence electrons. The third-order valence-corrected chi connectivity index (χ3v) is 6.03. The van der Waals surface area contributed by atoms with E-state index in [-0.39, 0.29) is 21.4 Å². The molecule has 0 N–H and O–H groups in total. The monoisotopic (exact) mass is 463 g/mol. The SMILES string of the molecule is COc1cc(C=Nc2cc(Cl)ccc2C)cc(Cl)c1OS(=O)(=O)c1ccc(C)cc1. The maximum atomic E-state index is 12.6. The Morgan fingerprint density at radius 1 is 0.967 bits per heavy atom. The van der Waals surface area contributed by atoms with Crippen molar-refractivity contribution in [3.05, 3.63) is 81.3 Å². The van der Waals surface area contributed by atoms with Crippen molar-refractivity contribution in [2.24, 2.45) is 4.99 Å². The van der Waals surface area contributed by atoms with Crippen LogP contribution in [0.1, 0.15) is 16.7 Å². The van der Waals surface area contributed by atoms with Gasteiger partial charge in [0, 0.05) is 11.2 Å². The van der Waals surface area contributed by atoms with Crippen LogP contribution in [0.25, 0.3) is 0 Å². The van der Waals surface area contributed by atoms with E-state index in [0.717, 1.165) is 11.1 Å². The average molecular weight is 464 g/mol. The maximum Gasteiger partial charge on any atom is 0.339 e. The Hall–Kier alpha value is -2.54. The minimum Gasteiger partial charge on any atom is -0.493 e. The van der Waals surface area contributed by atoms with Crippen molar-refractivity contribution in [1.29, 1.82) is 0 Å². The fraction of sp³-hybridized carbons (Fsp3) is 0.136. The summed E-state index contributed by atoms with van der Waals surface area (Å²) in [6, 6.07) is 14.9. The number of aliphatic imine (C=N–C) groups is 1. The number of hydrogen-bond donors (Lipinski definition) is 0. The largest absolute Gasteiger partial charge is 0.493 e. The van der Waals surface area contributed by atoms with Crippen LogP contribution in [-0.4, -0.2) is 21.7 Å². The van der Waals surface area contributed by atoms with Gasteiger partial charge in [0.05, 0.1) is 17.8 Å². The Morgan fingerprint density at radius 2 is 1.67 bits per heavy atom. The van der Waals surface area contributed by atoms with Crippen LogP contribution in [0.15, 0.2) is 64.5 Å². The summed E-state index contributed by atoms with van der Waals surface area (Å²) in [5.41, 5.74) is 3.21. The molecule has 0 spiro atoms. The number of hydrogen-bond acceptors (Lipinski definition) is 5. The Bertz CT molecular complexity index is 1210. The molecular formula is C22H19Cl2NO4S. The first-order valence-electron chi connectivity index (χ1n) is 8.88. The Kier molecular flexibility index (Phi) is 6.71. The number of methoxy groups -OCH3 is 1. The smallest absolute Gasteiger partial charge is 0.339 e. The summed E-state index contributed by atoms with van der Waals surface area (Å²) in [4.78, 5) is 4.45. The minimum atomic E-state index is -4.08. The summed E-state index contributed by atoms with van der Waals surface area (Å²) in [6.45, 7) is 3.78. The first-order valence-corrected chi connectivity index (χ1v) is 11.0. The molecule has 0 unspecified atom stereocenters. The van der Waals surface area contributed by atoms with Crippen molar-refractivity contribution in [1.82, 2.24) is 0 Å². The molecule has 0 saturated heterocycles. The number of aryl methyl sites for hydroxylation is 2. The van der Waals surface area contributed by atoms with Crippen molar-refractivity contribution >= 4 is 45.2 Å². The summed E-state index contributed by atoms with van der Waals surface area (Å²) in [5.74, 6) is 0.0817. The lowest BCUT2D eigenvalue weighted by molar-refractivity contribution is 0.390. The molecule has 0 aliphatic rings. The van der Waals surface area contributed by atoms with Crippen molar-refractivity contribution < 1.29 is 17.3 Å². The van der Waals surface area contributed by atoms with E-state index in [9.17, 15) is 8.42 Å². The van der Waals surface area contributed by atoms with E-state index in [1.54, 1.807) is 42.6 Å². The zero-order valence-electron chi connectivity index (χ0n) is 16.5. The van der Waals surface area contributed by atoms with Gasteiger partial charge >= 0.3 is 10.1 Å². The fourth-order valence-corrected chi connectivity index (χ4v) is 4.05. The molecule has 0 bridgehead atoms. The highest BCUT2D eigenvalue weighted by Gasteiger charge is 2.22. The number of benzene rings is 3.